The Balaban J connectivity index is 1.82. The van der Waals surface area contributed by atoms with E-state index in [9.17, 15) is 13.7 Å². The minimum Gasteiger partial charge on any atom is -0.264 e. The van der Waals surface area contributed by atoms with Crippen molar-refractivity contribution in [2.75, 3.05) is 22.2 Å². The highest BCUT2D eigenvalue weighted by Gasteiger charge is 2.40. The molecule has 7 heteroatoms. The largest absolute Gasteiger partial charge is 0.326 e. The van der Waals surface area contributed by atoms with Gasteiger partial charge in [0.05, 0.1) is 23.0 Å². The molecule has 0 atom stereocenters. The summed E-state index contributed by atoms with van der Waals surface area (Å²) in [6, 6.07) is 9.30. The van der Waals surface area contributed by atoms with Crippen LogP contribution in [0.5, 0.6) is 0 Å². The first kappa shape index (κ1) is 15.0. The molecule has 2 aliphatic rings. The van der Waals surface area contributed by atoms with Gasteiger partial charge in [-0.15, -0.1) is 0 Å². The molecule has 2 heterocycles. The summed E-state index contributed by atoms with van der Waals surface area (Å²) in [7, 11) is -1.94. The van der Waals surface area contributed by atoms with Gasteiger partial charge in [-0.25, -0.2) is 0 Å². The lowest BCUT2D eigenvalue weighted by Crippen LogP contribution is -2.36. The zero-order chi connectivity index (χ0) is 16.9. The minimum absolute atomic E-state index is 0.460. The van der Waals surface area contributed by atoms with Crippen LogP contribution in [0.4, 0.5) is 11.4 Å². The van der Waals surface area contributed by atoms with Gasteiger partial charge in [-0.2, -0.15) is 13.7 Å². The lowest BCUT2D eigenvalue weighted by atomic mass is 10.0. The molecule has 0 radical (unpaired) electrons. The second-order valence-corrected chi connectivity index (χ2v) is 8.07. The third-order valence-electron chi connectivity index (χ3n) is 4.58. The van der Waals surface area contributed by atoms with Crippen LogP contribution in [0.3, 0.4) is 0 Å². The topological polar surface area (TPSA) is 77.3 Å². The maximum absolute atomic E-state index is 12.7. The van der Waals surface area contributed by atoms with Crippen LogP contribution in [0, 0.1) is 17.2 Å². The number of nitriles is 1. The molecule has 1 aliphatic carbocycles. The van der Waals surface area contributed by atoms with E-state index < -0.39 is 10.2 Å². The Bertz CT molecular complexity index is 961. The van der Waals surface area contributed by atoms with Crippen LogP contribution in [0.2, 0.25) is 0 Å². The van der Waals surface area contributed by atoms with Gasteiger partial charge in [0, 0.05) is 31.5 Å². The highest BCUT2D eigenvalue weighted by atomic mass is 32.2. The third-order valence-corrected chi connectivity index (χ3v) is 6.37. The summed E-state index contributed by atoms with van der Waals surface area (Å²) in [5.41, 5.74) is 3.35. The number of hydrogen-bond acceptors (Lipinski definition) is 4. The molecule has 0 spiro atoms. The molecule has 1 fully saturated rings. The first-order valence-corrected chi connectivity index (χ1v) is 9.17. The zero-order valence-electron chi connectivity index (χ0n) is 13.2. The van der Waals surface area contributed by atoms with E-state index in [1.807, 2.05) is 18.2 Å². The van der Waals surface area contributed by atoms with Crippen molar-refractivity contribution in [3.63, 3.8) is 0 Å². The molecule has 0 amide bonds. The molecule has 0 bridgehead atoms. The van der Waals surface area contributed by atoms with E-state index >= 15 is 0 Å². The van der Waals surface area contributed by atoms with Crippen molar-refractivity contribution < 1.29 is 8.42 Å². The number of benzene rings is 1. The first-order valence-electron chi connectivity index (χ1n) is 7.77. The minimum atomic E-state index is -3.51. The fraction of sp³-hybridized carbons (Fsp3) is 0.294. The van der Waals surface area contributed by atoms with Crippen LogP contribution in [0.15, 0.2) is 36.7 Å². The van der Waals surface area contributed by atoms with E-state index in [1.165, 1.54) is 8.61 Å². The number of pyridine rings is 1. The Hall–Kier alpha value is -2.59. The van der Waals surface area contributed by atoms with E-state index in [2.05, 4.69) is 11.1 Å². The highest BCUT2D eigenvalue weighted by molar-refractivity contribution is 7.94. The van der Waals surface area contributed by atoms with Crippen molar-refractivity contribution in [1.82, 2.24) is 4.98 Å². The van der Waals surface area contributed by atoms with Crippen molar-refractivity contribution in [3.05, 3.63) is 42.2 Å². The SMILES string of the molecule is CN1c2cc(-c3cnccc3C#N)ccc2N(CC2CC2)S1(=O)=O. The molecule has 0 saturated heterocycles. The summed E-state index contributed by atoms with van der Waals surface area (Å²) in [4.78, 5) is 4.08. The smallest absolute Gasteiger partial charge is 0.264 e. The lowest BCUT2D eigenvalue weighted by molar-refractivity contribution is 0.590. The van der Waals surface area contributed by atoms with E-state index in [1.54, 1.807) is 25.5 Å². The van der Waals surface area contributed by atoms with Gasteiger partial charge in [-0.1, -0.05) is 6.07 Å². The van der Waals surface area contributed by atoms with Crippen LogP contribution in [-0.2, 0) is 10.2 Å². The summed E-state index contributed by atoms with van der Waals surface area (Å²) >= 11 is 0. The molecule has 24 heavy (non-hydrogen) atoms. The molecule has 2 aromatic rings. The quantitative estimate of drug-likeness (QED) is 0.860. The van der Waals surface area contributed by atoms with Crippen LogP contribution in [0.25, 0.3) is 11.1 Å². The number of rotatable bonds is 3. The fourth-order valence-corrected chi connectivity index (χ4v) is 4.49. The van der Waals surface area contributed by atoms with Gasteiger partial charge in [0.15, 0.2) is 0 Å². The van der Waals surface area contributed by atoms with Crippen LogP contribution in [0.1, 0.15) is 18.4 Å². The third kappa shape index (κ3) is 2.22. The molecule has 0 N–H and O–H groups in total. The summed E-state index contributed by atoms with van der Waals surface area (Å²) in [6.07, 6.45) is 5.38. The Morgan fingerprint density at radius 3 is 2.79 bits per heavy atom. The fourth-order valence-electron chi connectivity index (χ4n) is 3.00. The molecular formula is C17H16N4O2S. The number of hydrogen-bond donors (Lipinski definition) is 0. The average molecular weight is 340 g/mol. The van der Waals surface area contributed by atoms with Gasteiger partial charge in [0.1, 0.15) is 0 Å². The summed E-state index contributed by atoms with van der Waals surface area (Å²) in [5.74, 6) is 0.460. The normalized spacial score (nSPS) is 18.3. The van der Waals surface area contributed by atoms with Gasteiger partial charge >= 0.3 is 10.2 Å². The number of fused-ring (bicyclic) bond motifs is 1. The molecule has 1 aliphatic heterocycles. The molecular weight excluding hydrogens is 324 g/mol. The Morgan fingerprint density at radius 2 is 2.08 bits per heavy atom. The number of nitrogens with zero attached hydrogens (tertiary/aromatic N) is 4. The maximum Gasteiger partial charge on any atom is 0.326 e. The molecule has 0 unspecified atom stereocenters. The molecule has 1 aromatic heterocycles. The number of anilines is 2. The molecule has 1 aromatic carbocycles. The van der Waals surface area contributed by atoms with Crippen LogP contribution in [-0.4, -0.2) is 27.0 Å². The molecule has 1 saturated carbocycles. The van der Waals surface area contributed by atoms with Gasteiger partial charge < -0.3 is 0 Å². The number of aromatic nitrogens is 1. The zero-order valence-corrected chi connectivity index (χ0v) is 14.0. The Labute approximate surface area is 141 Å². The van der Waals surface area contributed by atoms with Crippen molar-refractivity contribution in [1.29, 1.82) is 5.26 Å². The van der Waals surface area contributed by atoms with E-state index in [-0.39, 0.29) is 0 Å². The van der Waals surface area contributed by atoms with Crippen LogP contribution < -0.4 is 8.61 Å². The molecule has 4 rings (SSSR count). The van der Waals surface area contributed by atoms with Gasteiger partial charge in [0.2, 0.25) is 0 Å². The van der Waals surface area contributed by atoms with Crippen molar-refractivity contribution in [3.8, 4) is 17.2 Å². The van der Waals surface area contributed by atoms with Crippen LogP contribution >= 0.6 is 0 Å². The standard InChI is InChI=1S/C17H16N4O2S/c1-20-17-8-13(15-10-19-7-6-14(15)9-18)4-5-16(17)21(24(20,22)23)11-12-2-3-12/h4-8,10,12H,2-3,11H2,1H3. The second-order valence-electron chi connectivity index (χ2n) is 6.19. The first-order chi connectivity index (χ1) is 11.5. The Morgan fingerprint density at radius 1 is 1.29 bits per heavy atom. The lowest BCUT2D eigenvalue weighted by Gasteiger charge is -2.18. The van der Waals surface area contributed by atoms with E-state index in [4.69, 9.17) is 0 Å². The van der Waals surface area contributed by atoms with Gasteiger partial charge in [-0.05, 0) is 42.5 Å². The maximum atomic E-state index is 12.7. The summed E-state index contributed by atoms with van der Waals surface area (Å²) in [6.45, 7) is 0.537. The van der Waals surface area contributed by atoms with E-state index in [0.29, 0.717) is 35.0 Å². The second kappa shape index (κ2) is 5.21. The monoisotopic (exact) mass is 340 g/mol. The van der Waals surface area contributed by atoms with Gasteiger partial charge in [-0.3, -0.25) is 13.6 Å². The predicted octanol–water partition coefficient (Wildman–Crippen LogP) is 2.53. The molecule has 122 valence electrons. The summed E-state index contributed by atoms with van der Waals surface area (Å²) in [5, 5.41) is 9.26. The van der Waals surface area contributed by atoms with Crippen molar-refractivity contribution >= 4 is 21.6 Å². The predicted molar refractivity (Wildman–Crippen MR) is 91.8 cm³/mol. The van der Waals surface area contributed by atoms with Gasteiger partial charge in [0.25, 0.3) is 0 Å². The van der Waals surface area contributed by atoms with Crippen molar-refractivity contribution in [2.24, 2.45) is 5.92 Å². The molecule has 6 nitrogen and oxygen atoms in total. The summed E-state index contributed by atoms with van der Waals surface area (Å²) < 4.78 is 28.2. The Kier molecular flexibility index (Phi) is 3.25. The van der Waals surface area contributed by atoms with Crippen molar-refractivity contribution in [2.45, 2.75) is 12.8 Å². The highest BCUT2D eigenvalue weighted by Crippen LogP contribution is 2.44. The average Bonchev–Trinajstić information content (AvgIpc) is 3.39. The van der Waals surface area contributed by atoms with E-state index in [0.717, 1.165) is 18.4 Å².